The lowest BCUT2D eigenvalue weighted by molar-refractivity contribution is -0.145. The van der Waals surface area contributed by atoms with Crippen molar-refractivity contribution < 1.29 is 19.2 Å². The second-order valence-electron chi connectivity index (χ2n) is 10.6. The van der Waals surface area contributed by atoms with E-state index in [2.05, 4.69) is 23.1 Å². The van der Waals surface area contributed by atoms with Gasteiger partial charge < -0.3 is 21.3 Å². The molecule has 1 aliphatic rings. The molecule has 0 aromatic carbocycles. The van der Waals surface area contributed by atoms with Gasteiger partial charge in [0.15, 0.2) is 0 Å². The topological polar surface area (TPSA) is 122 Å². The van der Waals surface area contributed by atoms with Crippen LogP contribution in [0.5, 0.6) is 0 Å². The van der Waals surface area contributed by atoms with Crippen LogP contribution in [0.1, 0.15) is 60.8 Å². The summed E-state index contributed by atoms with van der Waals surface area (Å²) in [6.07, 6.45) is 8.36. The number of terminal acetylenes is 1. The zero-order valence-electron chi connectivity index (χ0n) is 21.5. The Morgan fingerprint density at radius 1 is 1.24 bits per heavy atom. The molecular formula is C26H42N4O4. The average molecular weight is 475 g/mol. The van der Waals surface area contributed by atoms with Gasteiger partial charge in [-0.05, 0) is 36.0 Å². The smallest absolute Gasteiger partial charge is 0.289 e. The molecule has 1 fully saturated rings. The van der Waals surface area contributed by atoms with Gasteiger partial charge in [0, 0.05) is 19.5 Å². The molecule has 0 spiro atoms. The first-order valence-electron chi connectivity index (χ1n) is 12.0. The van der Waals surface area contributed by atoms with Crippen molar-refractivity contribution in [2.75, 3.05) is 13.1 Å². The van der Waals surface area contributed by atoms with Gasteiger partial charge in [-0.3, -0.25) is 19.2 Å². The maximum absolute atomic E-state index is 13.6. The highest BCUT2D eigenvalue weighted by atomic mass is 16.2. The summed E-state index contributed by atoms with van der Waals surface area (Å²) in [5.74, 6) is -0.0958. The first-order valence-corrected chi connectivity index (χ1v) is 12.0. The van der Waals surface area contributed by atoms with Crippen molar-refractivity contribution in [3.05, 3.63) is 12.7 Å². The Labute approximate surface area is 204 Å². The Kier molecular flexibility index (Phi) is 11.0. The van der Waals surface area contributed by atoms with Crippen molar-refractivity contribution in [3.63, 3.8) is 0 Å². The van der Waals surface area contributed by atoms with E-state index < -0.39 is 41.1 Å². The number of likely N-dealkylation sites (tertiary alicyclic amines) is 1. The number of nitrogens with zero attached hydrogens (tertiary/aromatic N) is 1. The van der Waals surface area contributed by atoms with E-state index in [1.165, 1.54) is 6.08 Å². The van der Waals surface area contributed by atoms with E-state index >= 15 is 0 Å². The summed E-state index contributed by atoms with van der Waals surface area (Å²) in [4.78, 5) is 53.7. The van der Waals surface area contributed by atoms with Crippen molar-refractivity contribution >= 4 is 23.5 Å². The van der Waals surface area contributed by atoms with E-state index in [0.29, 0.717) is 25.8 Å². The molecule has 8 nitrogen and oxygen atoms in total. The predicted octanol–water partition coefficient (Wildman–Crippen LogP) is 1.64. The Balaban J connectivity index is 3.25. The maximum atomic E-state index is 13.6. The molecular weight excluding hydrogens is 432 g/mol. The zero-order valence-corrected chi connectivity index (χ0v) is 21.5. The second kappa shape index (κ2) is 12.7. The number of carbonyl (C=O) groups is 4. The number of nitrogens with two attached hydrogens (primary N) is 1. The number of nitrogens with one attached hydrogen (secondary N) is 2. The van der Waals surface area contributed by atoms with Crippen LogP contribution in [-0.4, -0.2) is 59.6 Å². The lowest BCUT2D eigenvalue weighted by Gasteiger charge is -2.35. The van der Waals surface area contributed by atoms with Crippen molar-refractivity contribution in [2.45, 2.75) is 78.9 Å². The summed E-state index contributed by atoms with van der Waals surface area (Å²) in [6, 6.07) is -2.61. The molecule has 1 rings (SSSR count). The molecule has 3 amide bonds. The summed E-state index contributed by atoms with van der Waals surface area (Å²) < 4.78 is 0. The lowest BCUT2D eigenvalue weighted by atomic mass is 9.85. The van der Waals surface area contributed by atoms with Crippen molar-refractivity contribution in [1.82, 2.24) is 15.5 Å². The van der Waals surface area contributed by atoms with E-state index in [1.54, 1.807) is 11.8 Å². The van der Waals surface area contributed by atoms with E-state index in [0.717, 1.165) is 0 Å². The average Bonchev–Trinajstić information content (AvgIpc) is 3.22. The van der Waals surface area contributed by atoms with Gasteiger partial charge in [-0.25, -0.2) is 0 Å². The van der Waals surface area contributed by atoms with Crippen molar-refractivity contribution in [3.8, 4) is 12.3 Å². The normalized spacial score (nSPS) is 20.7. The van der Waals surface area contributed by atoms with Gasteiger partial charge in [-0.15, -0.1) is 18.9 Å². The van der Waals surface area contributed by atoms with Gasteiger partial charge in [0.1, 0.15) is 6.04 Å². The minimum absolute atomic E-state index is 0.0949. The van der Waals surface area contributed by atoms with E-state index in [4.69, 9.17) is 12.2 Å². The number of ketones is 1. The summed E-state index contributed by atoms with van der Waals surface area (Å²) in [7, 11) is 0. The fourth-order valence-electron chi connectivity index (χ4n) is 4.22. The predicted molar refractivity (Wildman–Crippen MR) is 133 cm³/mol. The highest BCUT2D eigenvalue weighted by Crippen LogP contribution is 2.33. The van der Waals surface area contributed by atoms with Crippen LogP contribution in [-0.2, 0) is 19.2 Å². The largest absolute Gasteiger partial charge is 0.346 e. The Bertz CT molecular complexity index is 809. The minimum atomic E-state index is -1.06. The molecule has 0 aromatic rings. The molecule has 190 valence electrons. The van der Waals surface area contributed by atoms with Gasteiger partial charge >= 0.3 is 0 Å². The Hall–Kier alpha value is -2.66. The SMILES string of the molecule is C#CCC[C@H](C)C(NC(=O)[C@@H]1[C@@H](C(C)C)CCN1C(=O)[C@@H](N)C(C)(C)C)C(=O)C(=O)NCC=C. The molecule has 1 aliphatic heterocycles. The van der Waals surface area contributed by atoms with Crippen LogP contribution in [0, 0.1) is 35.5 Å². The molecule has 0 aliphatic carbocycles. The molecule has 1 saturated heterocycles. The van der Waals surface area contributed by atoms with Gasteiger partial charge in [0.25, 0.3) is 5.91 Å². The molecule has 0 bridgehead atoms. The third-order valence-corrected chi connectivity index (χ3v) is 6.58. The second-order valence-corrected chi connectivity index (χ2v) is 10.6. The van der Waals surface area contributed by atoms with E-state index in [-0.39, 0.29) is 30.2 Å². The number of amides is 3. The number of Topliss-reactive ketones (excluding diaryl/α,β-unsaturated/α-hetero) is 1. The standard InChI is InChI=1S/C26H42N4O4/c1-9-11-12-17(5)19(21(31)24(33)28-14-10-2)29-23(32)20-18(16(3)4)13-15-30(20)25(34)22(27)26(6,7)8/h1,10,16-20,22H,2,11-15,27H2,3-8H3,(H,28,33)(H,29,32)/t17-,18+,19?,20-,22+/m0/s1. The van der Waals surface area contributed by atoms with E-state index in [1.807, 2.05) is 34.6 Å². The number of hydrogen-bond donors (Lipinski definition) is 3. The molecule has 0 aromatic heterocycles. The molecule has 4 N–H and O–H groups in total. The molecule has 34 heavy (non-hydrogen) atoms. The molecule has 1 heterocycles. The maximum Gasteiger partial charge on any atom is 0.289 e. The summed E-state index contributed by atoms with van der Waals surface area (Å²) in [5.41, 5.74) is 5.77. The Morgan fingerprint density at radius 3 is 2.35 bits per heavy atom. The first-order chi connectivity index (χ1) is 15.8. The first kappa shape index (κ1) is 29.4. The van der Waals surface area contributed by atoms with Gasteiger partial charge in [-0.2, -0.15) is 0 Å². The molecule has 0 saturated carbocycles. The van der Waals surface area contributed by atoms with Gasteiger partial charge in [0.05, 0.1) is 12.1 Å². The highest BCUT2D eigenvalue weighted by Gasteiger charge is 2.46. The van der Waals surface area contributed by atoms with Crippen molar-refractivity contribution in [2.24, 2.45) is 28.9 Å². The molecule has 8 heteroatoms. The lowest BCUT2D eigenvalue weighted by Crippen LogP contribution is -2.59. The summed E-state index contributed by atoms with van der Waals surface area (Å²) >= 11 is 0. The molecule has 0 radical (unpaired) electrons. The third-order valence-electron chi connectivity index (χ3n) is 6.58. The van der Waals surface area contributed by atoms with Gasteiger partial charge in [0.2, 0.25) is 17.6 Å². The molecule has 5 atom stereocenters. The van der Waals surface area contributed by atoms with Gasteiger partial charge in [-0.1, -0.05) is 47.6 Å². The van der Waals surface area contributed by atoms with Crippen LogP contribution in [0.2, 0.25) is 0 Å². The zero-order chi connectivity index (χ0) is 26.2. The number of rotatable bonds is 11. The fraction of sp³-hybridized carbons (Fsp3) is 0.692. The van der Waals surface area contributed by atoms with Crippen LogP contribution in [0.3, 0.4) is 0 Å². The van der Waals surface area contributed by atoms with E-state index in [9.17, 15) is 19.2 Å². The Morgan fingerprint density at radius 2 is 1.85 bits per heavy atom. The van der Waals surface area contributed by atoms with Crippen molar-refractivity contribution in [1.29, 1.82) is 0 Å². The summed E-state index contributed by atoms with van der Waals surface area (Å²) in [6.45, 7) is 15.5. The monoisotopic (exact) mass is 474 g/mol. The minimum Gasteiger partial charge on any atom is -0.346 e. The number of hydrogen-bond acceptors (Lipinski definition) is 5. The molecule has 1 unspecified atom stereocenters. The van der Waals surface area contributed by atoms with Crippen LogP contribution >= 0.6 is 0 Å². The number of carbonyl (C=O) groups excluding carboxylic acids is 4. The van der Waals surface area contributed by atoms with Crippen LogP contribution < -0.4 is 16.4 Å². The fourth-order valence-corrected chi connectivity index (χ4v) is 4.22. The summed E-state index contributed by atoms with van der Waals surface area (Å²) in [5, 5.41) is 5.27. The van der Waals surface area contributed by atoms with Crippen LogP contribution in [0.15, 0.2) is 12.7 Å². The highest BCUT2D eigenvalue weighted by molar-refractivity contribution is 6.38. The third kappa shape index (κ3) is 7.42. The van der Waals surface area contributed by atoms with Crippen LogP contribution in [0.25, 0.3) is 0 Å². The van der Waals surface area contributed by atoms with Crippen LogP contribution in [0.4, 0.5) is 0 Å². The quantitative estimate of drug-likeness (QED) is 0.239.